The van der Waals surface area contributed by atoms with Crippen molar-refractivity contribution >= 4 is 37.6 Å². The van der Waals surface area contributed by atoms with Gasteiger partial charge < -0.3 is 20.1 Å². The van der Waals surface area contributed by atoms with Crippen molar-refractivity contribution in [2.75, 3.05) is 37.7 Å². The highest BCUT2D eigenvalue weighted by molar-refractivity contribution is 7.91. The van der Waals surface area contributed by atoms with E-state index in [1.165, 1.54) is 36.4 Å². The predicted molar refractivity (Wildman–Crippen MR) is 164 cm³/mol. The van der Waals surface area contributed by atoms with Crippen molar-refractivity contribution in [3.63, 3.8) is 0 Å². The number of ether oxygens (including phenoxy) is 1. The quantitative estimate of drug-likeness (QED) is 0.299. The van der Waals surface area contributed by atoms with Crippen molar-refractivity contribution in [2.45, 2.75) is 60.6 Å². The largest absolute Gasteiger partial charge is 0.480 e. The summed E-state index contributed by atoms with van der Waals surface area (Å²) >= 11 is 0. The van der Waals surface area contributed by atoms with Crippen LogP contribution in [0.25, 0.3) is 0 Å². The Kier molecular flexibility index (Phi) is 11.4. The summed E-state index contributed by atoms with van der Waals surface area (Å²) in [6.07, 6.45) is -1.04. The number of carboxylic acid groups (broad SMARTS) is 1. The van der Waals surface area contributed by atoms with Gasteiger partial charge in [-0.15, -0.1) is 0 Å². The summed E-state index contributed by atoms with van der Waals surface area (Å²) in [6, 6.07) is 15.2. The summed E-state index contributed by atoms with van der Waals surface area (Å²) in [7, 11) is -7.61. The number of carbonyl (C=O) groups excluding carboxylic acids is 2. The Bertz CT molecular complexity index is 1620. The van der Waals surface area contributed by atoms with Crippen LogP contribution in [0.15, 0.2) is 70.5 Å². The van der Waals surface area contributed by atoms with E-state index < -0.39 is 73.7 Å². The Morgan fingerprint density at radius 2 is 1.53 bits per heavy atom. The molecule has 2 N–H and O–H groups in total. The zero-order valence-electron chi connectivity index (χ0n) is 25.4. The Morgan fingerprint density at radius 1 is 1.00 bits per heavy atom. The Labute approximate surface area is 263 Å². The molecule has 2 atom stereocenters. The van der Waals surface area contributed by atoms with Crippen LogP contribution in [0.1, 0.15) is 33.6 Å². The summed E-state index contributed by atoms with van der Waals surface area (Å²) in [5.74, 6) is -3.29. The molecule has 13 nitrogen and oxygen atoms in total. The first-order valence-corrected chi connectivity index (χ1v) is 17.5. The minimum Gasteiger partial charge on any atom is -0.480 e. The highest BCUT2D eigenvalue weighted by Crippen LogP contribution is 2.36. The molecule has 0 radical (unpaired) electrons. The van der Waals surface area contributed by atoms with Gasteiger partial charge in [0.25, 0.3) is 0 Å². The first-order chi connectivity index (χ1) is 21.0. The normalized spacial score (nSPS) is 17.7. The molecule has 2 aromatic carbocycles. The van der Waals surface area contributed by atoms with Crippen LogP contribution < -0.4 is 5.32 Å². The Balaban J connectivity index is 1.86. The number of sulfone groups is 2. The third-order valence-corrected chi connectivity index (χ3v) is 10.6. The van der Waals surface area contributed by atoms with Gasteiger partial charge in [-0.1, -0.05) is 36.4 Å². The Hall–Kier alpha value is -4.00. The van der Waals surface area contributed by atoms with Gasteiger partial charge in [-0.25, -0.2) is 26.4 Å². The van der Waals surface area contributed by atoms with E-state index in [-0.39, 0.29) is 41.5 Å². The van der Waals surface area contributed by atoms with Gasteiger partial charge in [0.15, 0.2) is 31.3 Å². The maximum absolute atomic E-state index is 13.4. The fourth-order valence-corrected chi connectivity index (χ4v) is 7.56. The van der Waals surface area contributed by atoms with Crippen molar-refractivity contribution in [2.24, 2.45) is 0 Å². The lowest BCUT2D eigenvalue weighted by atomic mass is 9.87. The number of carboxylic acids is 1. The third kappa shape index (κ3) is 8.80. The standard InChI is InChI=1S/C30H38N4O9S2/c1-29(2,3)43-28(38)33(18-20-45(41,42)24-13-8-5-9-14-24)26(27(36)37)30(22-31)15-10-17-34(30)25(35)21-32-16-19-44(39,40)23-11-6-4-7-12-23/h4-9,11-14,26,32H,10,15-21H2,1-3H3,(H,36,37)/t26?,30-/m1/s1. The lowest BCUT2D eigenvalue weighted by Gasteiger charge is -2.42. The van der Waals surface area contributed by atoms with Crippen LogP contribution >= 0.6 is 0 Å². The highest BCUT2D eigenvalue weighted by Gasteiger charge is 2.57. The molecular formula is C30H38N4O9S2. The van der Waals surface area contributed by atoms with Gasteiger partial charge in [-0.3, -0.25) is 9.69 Å². The first kappa shape index (κ1) is 35.5. The van der Waals surface area contributed by atoms with Crippen LogP contribution in [0.2, 0.25) is 0 Å². The van der Waals surface area contributed by atoms with Gasteiger partial charge >= 0.3 is 12.1 Å². The molecule has 244 valence electrons. The van der Waals surface area contributed by atoms with Crippen molar-refractivity contribution in [1.82, 2.24) is 15.1 Å². The lowest BCUT2D eigenvalue weighted by Crippen LogP contribution is -2.66. The molecule has 45 heavy (non-hydrogen) atoms. The minimum absolute atomic E-state index is 0.00929. The average Bonchev–Trinajstić information content (AvgIpc) is 3.42. The van der Waals surface area contributed by atoms with Crippen molar-refractivity contribution in [1.29, 1.82) is 5.26 Å². The molecular weight excluding hydrogens is 624 g/mol. The monoisotopic (exact) mass is 662 g/mol. The molecule has 2 aromatic rings. The highest BCUT2D eigenvalue weighted by atomic mass is 32.2. The maximum atomic E-state index is 13.4. The number of amides is 2. The van der Waals surface area contributed by atoms with Crippen LogP contribution in [-0.2, 0) is 34.0 Å². The average molecular weight is 663 g/mol. The molecule has 1 aliphatic heterocycles. The number of nitriles is 1. The molecule has 3 rings (SSSR count). The van der Waals surface area contributed by atoms with Gasteiger partial charge in [0, 0.05) is 19.6 Å². The van der Waals surface area contributed by atoms with E-state index in [1.807, 2.05) is 6.07 Å². The molecule has 0 aromatic heterocycles. The molecule has 1 heterocycles. The van der Waals surface area contributed by atoms with Crippen LogP contribution in [0.4, 0.5) is 4.79 Å². The van der Waals surface area contributed by atoms with Gasteiger partial charge in [0.1, 0.15) is 5.60 Å². The van der Waals surface area contributed by atoms with Gasteiger partial charge in [-0.05, 0) is 57.9 Å². The van der Waals surface area contributed by atoms with Gasteiger partial charge in [0.2, 0.25) is 5.91 Å². The number of nitrogens with one attached hydrogen (secondary N) is 1. The van der Waals surface area contributed by atoms with Gasteiger partial charge in [0.05, 0.1) is 33.9 Å². The number of likely N-dealkylation sites (tertiary alicyclic amines) is 1. The molecule has 0 bridgehead atoms. The van der Waals surface area contributed by atoms with E-state index in [1.54, 1.807) is 45.0 Å². The van der Waals surface area contributed by atoms with Crippen LogP contribution in [0, 0.1) is 11.3 Å². The second-order valence-corrected chi connectivity index (χ2v) is 15.8. The molecule has 1 fully saturated rings. The molecule has 2 amide bonds. The Morgan fingerprint density at radius 3 is 2.02 bits per heavy atom. The zero-order chi connectivity index (χ0) is 33.5. The van der Waals surface area contributed by atoms with E-state index in [4.69, 9.17) is 4.74 Å². The molecule has 1 unspecified atom stereocenters. The summed E-state index contributed by atoms with van der Waals surface area (Å²) < 4.78 is 56.7. The van der Waals surface area contributed by atoms with E-state index in [2.05, 4.69) is 5.32 Å². The molecule has 1 saturated heterocycles. The van der Waals surface area contributed by atoms with E-state index in [9.17, 15) is 41.6 Å². The fourth-order valence-electron chi connectivity index (χ4n) is 5.10. The number of aliphatic carboxylic acids is 1. The first-order valence-electron chi connectivity index (χ1n) is 14.2. The summed E-state index contributed by atoms with van der Waals surface area (Å²) in [4.78, 5) is 41.6. The molecule has 0 saturated carbocycles. The summed E-state index contributed by atoms with van der Waals surface area (Å²) in [5.41, 5.74) is -3.15. The molecule has 1 aliphatic rings. The van der Waals surface area contributed by atoms with Crippen molar-refractivity contribution < 1.29 is 41.1 Å². The molecule has 0 spiro atoms. The third-order valence-electron chi connectivity index (χ3n) is 7.17. The van der Waals surface area contributed by atoms with Gasteiger partial charge in [-0.2, -0.15) is 5.26 Å². The lowest BCUT2D eigenvalue weighted by molar-refractivity contribution is -0.150. The zero-order valence-corrected chi connectivity index (χ0v) is 27.0. The van der Waals surface area contributed by atoms with E-state index >= 15 is 0 Å². The predicted octanol–water partition coefficient (Wildman–Crippen LogP) is 2.10. The SMILES string of the molecule is CC(C)(C)OC(=O)N(CCS(=O)(=O)c1ccccc1)C(C(=O)O)[C@]1(C#N)CCCN1C(=O)CNCCS(=O)(=O)c1ccccc1. The second-order valence-electron chi connectivity index (χ2n) is 11.5. The van der Waals surface area contributed by atoms with Crippen molar-refractivity contribution in [3.05, 3.63) is 60.7 Å². The van der Waals surface area contributed by atoms with Crippen LogP contribution in [0.3, 0.4) is 0 Å². The number of rotatable bonds is 13. The summed E-state index contributed by atoms with van der Waals surface area (Å²) in [6.45, 7) is 3.50. The molecule has 0 aliphatic carbocycles. The van der Waals surface area contributed by atoms with Crippen LogP contribution in [0.5, 0.6) is 0 Å². The smallest absolute Gasteiger partial charge is 0.411 e. The second kappa shape index (κ2) is 14.4. The van der Waals surface area contributed by atoms with E-state index in [0.717, 1.165) is 4.90 Å². The summed E-state index contributed by atoms with van der Waals surface area (Å²) in [5, 5.41) is 23.6. The van der Waals surface area contributed by atoms with E-state index in [0.29, 0.717) is 4.90 Å². The number of hydrogen-bond acceptors (Lipinski definition) is 10. The maximum Gasteiger partial charge on any atom is 0.411 e. The fraction of sp³-hybridized carbons (Fsp3) is 0.467. The number of nitrogens with zero attached hydrogens (tertiary/aromatic N) is 3. The number of carbonyl (C=O) groups is 3. The topological polar surface area (TPSA) is 191 Å². The van der Waals surface area contributed by atoms with Crippen LogP contribution in [-0.4, -0.2) is 105 Å². The number of benzene rings is 2. The molecule has 15 heteroatoms. The minimum atomic E-state index is -3.98. The van der Waals surface area contributed by atoms with Crippen molar-refractivity contribution in [3.8, 4) is 6.07 Å². The number of hydrogen-bond donors (Lipinski definition) is 2.